The van der Waals surface area contributed by atoms with Gasteiger partial charge in [0.15, 0.2) is 23.3 Å². The van der Waals surface area contributed by atoms with Crippen LogP contribution in [0.2, 0.25) is 0 Å². The molecule has 0 unspecified atom stereocenters. The van der Waals surface area contributed by atoms with Crippen molar-refractivity contribution in [1.29, 1.82) is 0 Å². The maximum Gasteiger partial charge on any atom is 0.251 e. The first-order chi connectivity index (χ1) is 8.40. The Morgan fingerprint density at radius 2 is 1.33 bits per heavy atom. The number of aromatic nitrogens is 1. The van der Waals surface area contributed by atoms with Gasteiger partial charge in [0.2, 0.25) is 5.82 Å². The van der Waals surface area contributed by atoms with Crippen LogP contribution in [0.25, 0.3) is 10.9 Å². The van der Waals surface area contributed by atoms with Gasteiger partial charge in [-0.1, -0.05) is 0 Å². The predicted octanol–water partition coefficient (Wildman–Crippen LogP) is 3.11. The van der Waals surface area contributed by atoms with Crippen LogP contribution in [0.3, 0.4) is 0 Å². The van der Waals surface area contributed by atoms with E-state index in [1.165, 1.54) is 0 Å². The van der Waals surface area contributed by atoms with Crippen LogP contribution >= 0.6 is 0 Å². The van der Waals surface area contributed by atoms with Crippen LogP contribution in [0.1, 0.15) is 0 Å². The van der Waals surface area contributed by atoms with Crippen molar-refractivity contribution in [2.45, 2.75) is 0 Å². The molecule has 0 spiro atoms. The zero-order chi connectivity index (χ0) is 13.6. The Labute approximate surface area is 96.2 Å². The van der Waals surface area contributed by atoms with Crippen LogP contribution in [0, 0.1) is 35.0 Å². The monoisotopic (exact) mass is 266 g/mol. The summed E-state index contributed by atoms with van der Waals surface area (Å²) in [6.45, 7) is 0. The zero-order valence-corrected chi connectivity index (χ0v) is 8.72. The van der Waals surface area contributed by atoms with Gasteiger partial charge >= 0.3 is 0 Å². The van der Waals surface area contributed by atoms with E-state index in [-0.39, 0.29) is 0 Å². The Morgan fingerprint density at radius 1 is 0.778 bits per heavy atom. The van der Waals surface area contributed by atoms with E-state index >= 15 is 0 Å². The summed E-state index contributed by atoms with van der Waals surface area (Å²) >= 11 is 0. The number of hydrogen-bond acceptors (Lipinski definition) is 2. The van der Waals surface area contributed by atoms with E-state index in [1.807, 2.05) is 5.32 Å². The van der Waals surface area contributed by atoms with Crippen LogP contribution in [0.5, 0.6) is 0 Å². The Bertz CT molecular complexity index is 655. The molecule has 96 valence electrons. The molecule has 0 bridgehead atoms. The minimum atomic E-state index is -2.14. The van der Waals surface area contributed by atoms with Gasteiger partial charge in [0, 0.05) is 7.05 Å². The number of anilines is 1. The molecule has 2 rings (SSSR count). The van der Waals surface area contributed by atoms with Gasteiger partial charge in [0.1, 0.15) is 5.52 Å². The molecule has 2 aromatic rings. The molecule has 0 atom stereocenters. The van der Waals surface area contributed by atoms with Crippen LogP contribution in [-0.2, 0) is 0 Å². The number of nitrogens with one attached hydrogen (secondary N) is 1. The summed E-state index contributed by atoms with van der Waals surface area (Å²) in [7, 11) is 1.08. The van der Waals surface area contributed by atoms with Crippen LogP contribution in [-0.4, -0.2) is 12.0 Å². The first-order valence-corrected chi connectivity index (χ1v) is 4.58. The molecule has 0 aliphatic rings. The molecule has 1 heterocycles. The average molecular weight is 266 g/mol. The van der Waals surface area contributed by atoms with Crippen molar-refractivity contribution in [2.75, 3.05) is 12.4 Å². The van der Waals surface area contributed by atoms with E-state index in [2.05, 4.69) is 4.98 Å². The molecule has 2 nitrogen and oxygen atoms in total. The normalized spacial score (nSPS) is 11.1. The Balaban J connectivity index is 3.11. The zero-order valence-electron chi connectivity index (χ0n) is 8.72. The van der Waals surface area contributed by atoms with Crippen molar-refractivity contribution >= 4 is 16.6 Å². The van der Waals surface area contributed by atoms with E-state index in [9.17, 15) is 26.3 Å². The summed E-state index contributed by atoms with van der Waals surface area (Å²) < 4.78 is 79.0. The fourth-order valence-corrected chi connectivity index (χ4v) is 1.55. The number of rotatable bonds is 1. The number of benzene rings is 1. The lowest BCUT2D eigenvalue weighted by molar-refractivity contribution is 0.414. The molecular formula is C10H4F6N2. The van der Waals surface area contributed by atoms with E-state index < -0.39 is 51.6 Å². The van der Waals surface area contributed by atoms with Crippen molar-refractivity contribution < 1.29 is 26.3 Å². The molecule has 0 aliphatic heterocycles. The maximum atomic E-state index is 13.4. The van der Waals surface area contributed by atoms with Crippen molar-refractivity contribution in [1.82, 2.24) is 4.98 Å². The van der Waals surface area contributed by atoms with Crippen LogP contribution < -0.4 is 5.32 Å². The molecule has 0 saturated carbocycles. The first kappa shape index (κ1) is 12.5. The first-order valence-electron chi connectivity index (χ1n) is 4.58. The molecule has 1 aromatic carbocycles. The minimum Gasteiger partial charge on any atom is -0.385 e. The van der Waals surface area contributed by atoms with Gasteiger partial charge in [-0.05, 0) is 0 Å². The van der Waals surface area contributed by atoms with E-state index in [0.717, 1.165) is 7.05 Å². The van der Waals surface area contributed by atoms with Gasteiger partial charge in [0.25, 0.3) is 5.95 Å². The average Bonchev–Trinajstić information content (AvgIpc) is 2.36. The highest BCUT2D eigenvalue weighted by atomic mass is 19.2. The third kappa shape index (κ3) is 1.48. The summed E-state index contributed by atoms with van der Waals surface area (Å²) in [5.74, 6) is -11.4. The smallest absolute Gasteiger partial charge is 0.251 e. The molecule has 0 aliphatic carbocycles. The molecule has 0 fully saturated rings. The third-order valence-corrected chi connectivity index (χ3v) is 2.35. The van der Waals surface area contributed by atoms with Crippen molar-refractivity contribution in [3.8, 4) is 0 Å². The topological polar surface area (TPSA) is 24.9 Å². The van der Waals surface area contributed by atoms with E-state index in [0.29, 0.717) is 0 Å². The van der Waals surface area contributed by atoms with Gasteiger partial charge in [-0.15, -0.1) is 0 Å². The van der Waals surface area contributed by atoms with E-state index in [4.69, 9.17) is 0 Å². The van der Waals surface area contributed by atoms with E-state index in [1.54, 1.807) is 0 Å². The van der Waals surface area contributed by atoms with Crippen LogP contribution in [0.15, 0.2) is 0 Å². The Kier molecular flexibility index (Phi) is 2.80. The number of pyridine rings is 1. The van der Waals surface area contributed by atoms with Crippen LogP contribution in [0.4, 0.5) is 32.0 Å². The Hall–Kier alpha value is -1.99. The second-order valence-electron chi connectivity index (χ2n) is 3.32. The second-order valence-corrected chi connectivity index (χ2v) is 3.32. The standard InChI is InChI=1S/C10H4F6N2/c1-17-8-2-3(11)4(12)5(13)6(14)9(2)18-10(16)7(8)15/h1H3,(H,17,18). The largest absolute Gasteiger partial charge is 0.385 e. The van der Waals surface area contributed by atoms with Crippen molar-refractivity contribution in [3.05, 3.63) is 35.0 Å². The lowest BCUT2D eigenvalue weighted by atomic mass is 10.1. The lowest BCUT2D eigenvalue weighted by Crippen LogP contribution is -2.07. The molecule has 1 N–H and O–H groups in total. The molecule has 0 saturated heterocycles. The van der Waals surface area contributed by atoms with Crippen molar-refractivity contribution in [2.24, 2.45) is 0 Å². The molecule has 0 radical (unpaired) electrons. The highest BCUT2D eigenvalue weighted by Gasteiger charge is 2.26. The summed E-state index contributed by atoms with van der Waals surface area (Å²) in [5, 5.41) is 1.05. The van der Waals surface area contributed by atoms with Gasteiger partial charge in [-0.3, -0.25) is 0 Å². The third-order valence-electron chi connectivity index (χ3n) is 2.35. The van der Waals surface area contributed by atoms with Gasteiger partial charge in [-0.2, -0.15) is 8.78 Å². The van der Waals surface area contributed by atoms with Crippen molar-refractivity contribution in [3.63, 3.8) is 0 Å². The molecule has 18 heavy (non-hydrogen) atoms. The predicted molar refractivity (Wildman–Crippen MR) is 51.0 cm³/mol. The minimum absolute atomic E-state index is 0.840. The summed E-state index contributed by atoms with van der Waals surface area (Å²) in [6.07, 6.45) is 0. The SMILES string of the molecule is CNc1c(F)c(F)nc2c(F)c(F)c(F)c(F)c12. The summed E-state index contributed by atoms with van der Waals surface area (Å²) in [4.78, 5) is 2.74. The van der Waals surface area contributed by atoms with Gasteiger partial charge < -0.3 is 5.32 Å². The fourth-order valence-electron chi connectivity index (χ4n) is 1.55. The highest BCUT2D eigenvalue weighted by Crippen LogP contribution is 2.33. The summed E-state index contributed by atoms with van der Waals surface area (Å²) in [6, 6.07) is 0. The van der Waals surface area contributed by atoms with Gasteiger partial charge in [0.05, 0.1) is 11.1 Å². The summed E-state index contributed by atoms with van der Waals surface area (Å²) in [5.41, 5.74) is -1.97. The van der Waals surface area contributed by atoms with Gasteiger partial charge in [-0.25, -0.2) is 22.5 Å². The number of halogens is 6. The number of hydrogen-bond donors (Lipinski definition) is 1. The quantitative estimate of drug-likeness (QED) is 0.371. The molecule has 8 heteroatoms. The number of nitrogens with zero attached hydrogens (tertiary/aromatic N) is 1. The molecular weight excluding hydrogens is 262 g/mol. The lowest BCUT2D eigenvalue weighted by Gasteiger charge is -2.10. The highest BCUT2D eigenvalue weighted by molar-refractivity contribution is 5.92. The maximum absolute atomic E-state index is 13.4. The Morgan fingerprint density at radius 3 is 1.89 bits per heavy atom. The number of fused-ring (bicyclic) bond motifs is 1. The second kappa shape index (κ2) is 4.04. The fraction of sp³-hybridized carbons (Fsp3) is 0.100. The molecule has 1 aromatic heterocycles. The molecule has 0 amide bonds.